The molecule has 0 aromatic heterocycles. The van der Waals surface area contributed by atoms with Gasteiger partial charge in [0.15, 0.2) is 0 Å². The molecule has 1 fully saturated rings. The molecule has 3 nitrogen and oxygen atoms in total. The highest BCUT2D eigenvalue weighted by Gasteiger charge is 2.29. The standard InChI is InChI=1S/C15H29NO2/c1-5-6-11-18-14(17)12-16(4)13-7-9-15(2,3)10-8-13/h13H,5-12H2,1-4H3. The van der Waals surface area contributed by atoms with Crippen LogP contribution in [0.5, 0.6) is 0 Å². The molecule has 1 rings (SSSR count). The first-order valence-electron chi connectivity index (χ1n) is 7.30. The molecule has 106 valence electrons. The van der Waals surface area contributed by atoms with Crippen LogP contribution in [0.4, 0.5) is 0 Å². The SMILES string of the molecule is CCCCOC(=O)CN(C)C1CCC(C)(C)CC1. The lowest BCUT2D eigenvalue weighted by Crippen LogP contribution is -2.40. The lowest BCUT2D eigenvalue weighted by Gasteiger charge is -2.38. The maximum atomic E-state index is 11.6. The van der Waals surface area contributed by atoms with E-state index >= 15 is 0 Å². The van der Waals surface area contributed by atoms with Gasteiger partial charge in [0.2, 0.25) is 0 Å². The van der Waals surface area contributed by atoms with Crippen LogP contribution in [0.3, 0.4) is 0 Å². The Morgan fingerprint density at radius 3 is 2.50 bits per heavy atom. The second-order valence-electron chi connectivity index (χ2n) is 6.38. The molecule has 3 heteroatoms. The number of unbranched alkanes of at least 4 members (excludes halogenated alkanes) is 1. The molecule has 0 bridgehead atoms. The van der Waals surface area contributed by atoms with Crippen molar-refractivity contribution in [2.45, 2.75) is 65.3 Å². The maximum Gasteiger partial charge on any atom is 0.320 e. The maximum absolute atomic E-state index is 11.6. The molecule has 0 spiro atoms. The van der Waals surface area contributed by atoms with Crippen molar-refractivity contribution in [1.82, 2.24) is 4.90 Å². The van der Waals surface area contributed by atoms with Gasteiger partial charge in [-0.3, -0.25) is 9.69 Å². The Morgan fingerprint density at radius 1 is 1.33 bits per heavy atom. The molecule has 1 saturated carbocycles. The summed E-state index contributed by atoms with van der Waals surface area (Å²) in [6.45, 7) is 7.78. The van der Waals surface area contributed by atoms with Crippen LogP contribution in [0.1, 0.15) is 59.3 Å². The van der Waals surface area contributed by atoms with Crippen LogP contribution in [0.15, 0.2) is 0 Å². The molecule has 0 radical (unpaired) electrons. The average molecular weight is 255 g/mol. The fourth-order valence-corrected chi connectivity index (χ4v) is 2.53. The van der Waals surface area contributed by atoms with Crippen LogP contribution >= 0.6 is 0 Å². The van der Waals surface area contributed by atoms with E-state index in [4.69, 9.17) is 4.74 Å². The molecule has 0 amide bonds. The summed E-state index contributed by atoms with van der Waals surface area (Å²) in [5.41, 5.74) is 0.485. The molecule has 1 aliphatic rings. The second-order valence-corrected chi connectivity index (χ2v) is 6.38. The second kappa shape index (κ2) is 7.13. The van der Waals surface area contributed by atoms with Crippen molar-refractivity contribution in [3.8, 4) is 0 Å². The van der Waals surface area contributed by atoms with Gasteiger partial charge in [0.1, 0.15) is 0 Å². The topological polar surface area (TPSA) is 29.5 Å². The van der Waals surface area contributed by atoms with Gasteiger partial charge in [0, 0.05) is 6.04 Å². The molecule has 0 saturated heterocycles. The van der Waals surface area contributed by atoms with Crippen molar-refractivity contribution in [2.24, 2.45) is 5.41 Å². The van der Waals surface area contributed by atoms with Gasteiger partial charge in [-0.1, -0.05) is 27.2 Å². The number of rotatable bonds is 6. The minimum Gasteiger partial charge on any atom is -0.465 e. The van der Waals surface area contributed by atoms with Crippen molar-refractivity contribution in [2.75, 3.05) is 20.2 Å². The Bertz CT molecular complexity index is 253. The van der Waals surface area contributed by atoms with Crippen LogP contribution in [0, 0.1) is 5.41 Å². The van der Waals surface area contributed by atoms with Gasteiger partial charge >= 0.3 is 5.97 Å². The average Bonchev–Trinajstić information content (AvgIpc) is 2.29. The molecule has 1 aliphatic carbocycles. The lowest BCUT2D eigenvalue weighted by molar-refractivity contribution is -0.145. The first-order chi connectivity index (χ1) is 8.44. The van der Waals surface area contributed by atoms with E-state index in [1.807, 2.05) is 7.05 Å². The summed E-state index contributed by atoms with van der Waals surface area (Å²) in [5.74, 6) is -0.0733. The number of carbonyl (C=O) groups is 1. The van der Waals surface area contributed by atoms with E-state index < -0.39 is 0 Å². The molecule has 0 aromatic rings. The van der Waals surface area contributed by atoms with Crippen molar-refractivity contribution in [1.29, 1.82) is 0 Å². The number of esters is 1. The highest BCUT2D eigenvalue weighted by Crippen LogP contribution is 2.36. The van der Waals surface area contributed by atoms with Gasteiger partial charge in [-0.25, -0.2) is 0 Å². The van der Waals surface area contributed by atoms with E-state index in [0.29, 0.717) is 24.6 Å². The minimum atomic E-state index is -0.0733. The van der Waals surface area contributed by atoms with Crippen LogP contribution in [0.2, 0.25) is 0 Å². The molecular formula is C15H29NO2. The largest absolute Gasteiger partial charge is 0.465 e. The van der Waals surface area contributed by atoms with Gasteiger partial charge in [-0.2, -0.15) is 0 Å². The quantitative estimate of drug-likeness (QED) is 0.539. The van der Waals surface area contributed by atoms with Crippen molar-refractivity contribution >= 4 is 5.97 Å². The number of carbonyl (C=O) groups excluding carboxylic acids is 1. The smallest absolute Gasteiger partial charge is 0.320 e. The van der Waals surface area contributed by atoms with E-state index in [1.165, 1.54) is 25.7 Å². The van der Waals surface area contributed by atoms with Crippen molar-refractivity contribution < 1.29 is 9.53 Å². The Morgan fingerprint density at radius 2 is 1.94 bits per heavy atom. The van der Waals surface area contributed by atoms with E-state index in [1.54, 1.807) is 0 Å². The first-order valence-corrected chi connectivity index (χ1v) is 7.30. The van der Waals surface area contributed by atoms with Crippen LogP contribution in [-0.4, -0.2) is 37.1 Å². The van der Waals surface area contributed by atoms with Crippen molar-refractivity contribution in [3.05, 3.63) is 0 Å². The van der Waals surface area contributed by atoms with E-state index in [9.17, 15) is 4.79 Å². The predicted octanol–water partition coefficient (Wildman–Crippen LogP) is 3.23. The zero-order valence-electron chi connectivity index (χ0n) is 12.5. The summed E-state index contributed by atoms with van der Waals surface area (Å²) >= 11 is 0. The van der Waals surface area contributed by atoms with E-state index in [2.05, 4.69) is 25.7 Å². The summed E-state index contributed by atoms with van der Waals surface area (Å²) in [4.78, 5) is 13.8. The normalized spacial score (nSPS) is 20.1. The molecule has 18 heavy (non-hydrogen) atoms. The Hall–Kier alpha value is -0.570. The Kier molecular flexibility index (Phi) is 6.13. The predicted molar refractivity (Wildman–Crippen MR) is 74.5 cm³/mol. The number of ether oxygens (including phenoxy) is 1. The molecule has 0 N–H and O–H groups in total. The first kappa shape index (κ1) is 15.5. The molecule has 0 atom stereocenters. The third-order valence-corrected chi connectivity index (χ3v) is 4.07. The van der Waals surface area contributed by atoms with Gasteiger partial charge in [-0.15, -0.1) is 0 Å². The molecule has 0 heterocycles. The summed E-state index contributed by atoms with van der Waals surface area (Å²) in [6, 6.07) is 0.553. The molecule has 0 aromatic carbocycles. The Labute approximate surface area is 112 Å². The van der Waals surface area contributed by atoms with Crippen molar-refractivity contribution in [3.63, 3.8) is 0 Å². The summed E-state index contributed by atoms with van der Waals surface area (Å²) in [6.07, 6.45) is 6.95. The fraction of sp³-hybridized carbons (Fsp3) is 0.933. The monoisotopic (exact) mass is 255 g/mol. The molecule has 0 aliphatic heterocycles. The third-order valence-electron chi connectivity index (χ3n) is 4.07. The zero-order valence-corrected chi connectivity index (χ0v) is 12.5. The van der Waals surface area contributed by atoms with Gasteiger partial charge in [0.25, 0.3) is 0 Å². The van der Waals surface area contributed by atoms with Gasteiger partial charge in [0.05, 0.1) is 13.2 Å². The van der Waals surface area contributed by atoms with Crippen LogP contribution in [0.25, 0.3) is 0 Å². The van der Waals surface area contributed by atoms with Crippen LogP contribution in [-0.2, 0) is 9.53 Å². The van der Waals surface area contributed by atoms with Crippen LogP contribution < -0.4 is 0 Å². The highest BCUT2D eigenvalue weighted by atomic mass is 16.5. The highest BCUT2D eigenvalue weighted by molar-refractivity contribution is 5.71. The van der Waals surface area contributed by atoms with Gasteiger partial charge in [-0.05, 0) is 44.6 Å². The third kappa shape index (κ3) is 5.38. The summed E-state index contributed by atoms with van der Waals surface area (Å²) in [5, 5.41) is 0. The minimum absolute atomic E-state index is 0.0733. The molecule has 0 unspecified atom stereocenters. The number of hydrogen-bond donors (Lipinski definition) is 0. The number of likely N-dealkylation sites (N-methyl/N-ethyl adjacent to an activating group) is 1. The number of hydrogen-bond acceptors (Lipinski definition) is 3. The Balaban J connectivity index is 2.24. The van der Waals surface area contributed by atoms with E-state index in [-0.39, 0.29) is 5.97 Å². The fourth-order valence-electron chi connectivity index (χ4n) is 2.53. The van der Waals surface area contributed by atoms with E-state index in [0.717, 1.165) is 12.8 Å². The summed E-state index contributed by atoms with van der Waals surface area (Å²) in [7, 11) is 2.05. The zero-order chi connectivity index (χ0) is 13.6. The lowest BCUT2D eigenvalue weighted by atomic mass is 9.75. The number of nitrogens with zero attached hydrogens (tertiary/aromatic N) is 1. The summed E-state index contributed by atoms with van der Waals surface area (Å²) < 4.78 is 5.20. The molecular weight excluding hydrogens is 226 g/mol. The van der Waals surface area contributed by atoms with Gasteiger partial charge < -0.3 is 4.74 Å².